The molecule has 1 atom stereocenters. The minimum atomic E-state index is 0.616. The average molecular weight is 297 g/mol. The lowest BCUT2D eigenvalue weighted by atomic mass is 10.1. The van der Waals surface area contributed by atoms with E-state index in [1.807, 2.05) is 11.8 Å². The normalized spacial score (nSPS) is 20.8. The predicted molar refractivity (Wildman–Crippen MR) is 72.3 cm³/mol. The summed E-state index contributed by atoms with van der Waals surface area (Å²) in [7, 11) is 0. The number of fused-ring (bicyclic) bond motifs is 1. The number of aromatic nitrogens is 2. The summed E-state index contributed by atoms with van der Waals surface area (Å²) in [6, 6.07) is 4.27. The van der Waals surface area contributed by atoms with Gasteiger partial charge >= 0.3 is 0 Å². The minimum Gasteiger partial charge on any atom is -0.302 e. The van der Waals surface area contributed by atoms with E-state index in [0.29, 0.717) is 5.92 Å². The first-order valence-corrected chi connectivity index (χ1v) is 7.42. The number of rotatable bonds is 1. The SMILES string of the molecule is Cc1ccc2c(Br)nc(C3CCSC3)n2c1. The number of nitrogens with zero attached hydrogens (tertiary/aromatic N) is 2. The largest absolute Gasteiger partial charge is 0.302 e. The van der Waals surface area contributed by atoms with Crippen LogP contribution >= 0.6 is 27.7 Å². The molecular weight excluding hydrogens is 284 g/mol. The zero-order chi connectivity index (χ0) is 11.1. The van der Waals surface area contributed by atoms with E-state index in [1.165, 1.54) is 34.8 Å². The van der Waals surface area contributed by atoms with Crippen LogP contribution in [0.25, 0.3) is 5.52 Å². The summed E-state index contributed by atoms with van der Waals surface area (Å²) >= 11 is 5.58. The lowest BCUT2D eigenvalue weighted by Crippen LogP contribution is -2.03. The van der Waals surface area contributed by atoms with Gasteiger partial charge in [0.05, 0.1) is 5.52 Å². The van der Waals surface area contributed by atoms with Crippen LogP contribution in [0.1, 0.15) is 23.7 Å². The number of hydrogen-bond acceptors (Lipinski definition) is 2. The topological polar surface area (TPSA) is 17.3 Å². The molecule has 3 heterocycles. The van der Waals surface area contributed by atoms with E-state index in [9.17, 15) is 0 Å². The highest BCUT2D eigenvalue weighted by atomic mass is 79.9. The summed E-state index contributed by atoms with van der Waals surface area (Å²) in [5.41, 5.74) is 2.46. The molecule has 84 valence electrons. The number of hydrogen-bond donors (Lipinski definition) is 0. The maximum Gasteiger partial charge on any atom is 0.132 e. The van der Waals surface area contributed by atoms with E-state index in [-0.39, 0.29) is 0 Å². The first-order valence-electron chi connectivity index (χ1n) is 5.47. The maximum atomic E-state index is 4.68. The van der Waals surface area contributed by atoms with Crippen LogP contribution in [-0.4, -0.2) is 20.9 Å². The van der Waals surface area contributed by atoms with Gasteiger partial charge in [-0.3, -0.25) is 0 Å². The fourth-order valence-electron chi connectivity index (χ4n) is 2.20. The third-order valence-electron chi connectivity index (χ3n) is 3.06. The van der Waals surface area contributed by atoms with Gasteiger partial charge in [-0.15, -0.1) is 0 Å². The van der Waals surface area contributed by atoms with Gasteiger partial charge in [0.2, 0.25) is 0 Å². The summed E-state index contributed by atoms with van der Waals surface area (Å²) in [6.07, 6.45) is 3.44. The highest BCUT2D eigenvalue weighted by Crippen LogP contribution is 2.33. The molecule has 1 aliphatic rings. The molecule has 1 aliphatic heterocycles. The Morgan fingerprint density at radius 3 is 3.12 bits per heavy atom. The Morgan fingerprint density at radius 1 is 1.50 bits per heavy atom. The monoisotopic (exact) mass is 296 g/mol. The van der Waals surface area contributed by atoms with Crippen molar-refractivity contribution in [1.29, 1.82) is 0 Å². The van der Waals surface area contributed by atoms with E-state index in [4.69, 9.17) is 0 Å². The zero-order valence-corrected chi connectivity index (χ0v) is 11.5. The van der Waals surface area contributed by atoms with Crippen molar-refractivity contribution in [1.82, 2.24) is 9.38 Å². The molecule has 0 bridgehead atoms. The molecule has 1 fully saturated rings. The molecular formula is C12H13BrN2S. The van der Waals surface area contributed by atoms with E-state index in [0.717, 1.165) is 4.60 Å². The number of aryl methyl sites for hydroxylation is 1. The third kappa shape index (κ3) is 1.68. The number of pyridine rings is 1. The molecule has 2 aromatic rings. The van der Waals surface area contributed by atoms with E-state index in [1.54, 1.807) is 0 Å². The molecule has 2 nitrogen and oxygen atoms in total. The van der Waals surface area contributed by atoms with Crippen molar-refractivity contribution in [3.8, 4) is 0 Å². The molecule has 2 aromatic heterocycles. The third-order valence-corrected chi connectivity index (χ3v) is 4.81. The van der Waals surface area contributed by atoms with Crippen LogP contribution in [-0.2, 0) is 0 Å². The van der Waals surface area contributed by atoms with Crippen molar-refractivity contribution in [3.05, 3.63) is 34.3 Å². The summed E-state index contributed by atoms with van der Waals surface area (Å²) < 4.78 is 3.22. The molecule has 1 saturated heterocycles. The molecule has 4 heteroatoms. The number of imidazole rings is 1. The molecule has 0 amide bonds. The first-order chi connectivity index (χ1) is 7.75. The van der Waals surface area contributed by atoms with Gasteiger partial charge in [0, 0.05) is 17.9 Å². The van der Waals surface area contributed by atoms with Gasteiger partial charge in [-0.2, -0.15) is 11.8 Å². The van der Waals surface area contributed by atoms with Crippen molar-refractivity contribution in [2.75, 3.05) is 11.5 Å². The Kier molecular flexibility index (Phi) is 2.72. The number of halogens is 1. The second-order valence-corrected chi connectivity index (χ2v) is 6.18. The Balaban J connectivity index is 2.19. The maximum absolute atomic E-state index is 4.68. The van der Waals surface area contributed by atoms with E-state index in [2.05, 4.69) is 50.6 Å². The van der Waals surface area contributed by atoms with Gasteiger partial charge in [0.15, 0.2) is 0 Å². The molecule has 0 aromatic carbocycles. The fraction of sp³-hybridized carbons (Fsp3) is 0.417. The molecule has 0 N–H and O–H groups in total. The van der Waals surface area contributed by atoms with Crippen LogP contribution in [0.4, 0.5) is 0 Å². The van der Waals surface area contributed by atoms with Gasteiger partial charge in [-0.1, -0.05) is 6.07 Å². The van der Waals surface area contributed by atoms with Gasteiger partial charge in [-0.05, 0) is 46.7 Å². The van der Waals surface area contributed by atoms with Crippen molar-refractivity contribution in [3.63, 3.8) is 0 Å². The van der Waals surface area contributed by atoms with Crippen LogP contribution in [0.2, 0.25) is 0 Å². The van der Waals surface area contributed by atoms with Crippen molar-refractivity contribution in [2.24, 2.45) is 0 Å². The molecule has 0 aliphatic carbocycles. The predicted octanol–water partition coefficient (Wildman–Crippen LogP) is 3.63. The quantitative estimate of drug-likeness (QED) is 0.799. The highest BCUT2D eigenvalue weighted by Gasteiger charge is 2.23. The summed E-state index contributed by atoms with van der Waals surface area (Å²) in [4.78, 5) is 4.68. The van der Waals surface area contributed by atoms with Crippen molar-refractivity contribution < 1.29 is 0 Å². The van der Waals surface area contributed by atoms with Gasteiger partial charge in [0.25, 0.3) is 0 Å². The van der Waals surface area contributed by atoms with Crippen molar-refractivity contribution >= 4 is 33.2 Å². The highest BCUT2D eigenvalue weighted by molar-refractivity contribution is 9.10. The van der Waals surface area contributed by atoms with Crippen LogP contribution in [0.5, 0.6) is 0 Å². The van der Waals surface area contributed by atoms with Crippen LogP contribution < -0.4 is 0 Å². The van der Waals surface area contributed by atoms with Gasteiger partial charge in [-0.25, -0.2) is 4.98 Å². The second-order valence-electron chi connectivity index (χ2n) is 4.28. The second kappa shape index (κ2) is 4.08. The lowest BCUT2D eigenvalue weighted by molar-refractivity contribution is 0.712. The Labute approximate surface area is 108 Å². The summed E-state index contributed by atoms with van der Waals surface area (Å²) in [6.45, 7) is 2.13. The molecule has 1 unspecified atom stereocenters. The van der Waals surface area contributed by atoms with Crippen LogP contribution in [0, 0.1) is 6.92 Å². The first kappa shape index (κ1) is 10.7. The smallest absolute Gasteiger partial charge is 0.132 e. The molecule has 3 rings (SSSR count). The summed E-state index contributed by atoms with van der Waals surface area (Å²) in [5.74, 6) is 4.31. The van der Waals surface area contributed by atoms with Gasteiger partial charge in [0.1, 0.15) is 10.4 Å². The van der Waals surface area contributed by atoms with Crippen molar-refractivity contribution in [2.45, 2.75) is 19.3 Å². The lowest BCUT2D eigenvalue weighted by Gasteiger charge is -2.07. The molecule has 0 radical (unpaired) electrons. The molecule has 0 saturated carbocycles. The molecule has 16 heavy (non-hydrogen) atoms. The Hall–Kier alpha value is -0.480. The van der Waals surface area contributed by atoms with Crippen LogP contribution in [0.3, 0.4) is 0 Å². The van der Waals surface area contributed by atoms with Gasteiger partial charge < -0.3 is 4.40 Å². The molecule has 0 spiro atoms. The summed E-state index contributed by atoms with van der Waals surface area (Å²) in [5, 5.41) is 0. The zero-order valence-electron chi connectivity index (χ0n) is 9.11. The van der Waals surface area contributed by atoms with Crippen LogP contribution in [0.15, 0.2) is 22.9 Å². The fourth-order valence-corrected chi connectivity index (χ4v) is 3.93. The van der Waals surface area contributed by atoms with E-state index < -0.39 is 0 Å². The Bertz CT molecular complexity index is 529. The minimum absolute atomic E-state index is 0.616. The Morgan fingerprint density at radius 2 is 2.38 bits per heavy atom. The standard InChI is InChI=1S/C12H13BrN2S/c1-8-2-3-10-11(13)14-12(15(10)6-8)9-4-5-16-7-9/h2-3,6,9H,4-5,7H2,1H3. The number of thioether (sulfide) groups is 1. The van der Waals surface area contributed by atoms with E-state index >= 15 is 0 Å². The average Bonchev–Trinajstić information content (AvgIpc) is 2.86.